The summed E-state index contributed by atoms with van der Waals surface area (Å²) < 4.78 is 5.17. The number of benzene rings is 1. The van der Waals surface area contributed by atoms with E-state index in [2.05, 4.69) is 39.7 Å². The Morgan fingerprint density at radius 3 is 2.26 bits per heavy atom. The number of nitrogens with one attached hydrogen (secondary N) is 2. The molecule has 0 atom stereocenters. The van der Waals surface area contributed by atoms with Crippen LogP contribution in [0.4, 0.5) is 11.6 Å². The van der Waals surface area contributed by atoms with Crippen LogP contribution in [0.1, 0.15) is 31.2 Å². The molecule has 5 nitrogen and oxygen atoms in total. The molecule has 1 heterocycles. The number of aryl methyl sites for hydroxylation is 1. The zero-order chi connectivity index (χ0) is 16.5. The molecule has 0 bridgehead atoms. The Labute approximate surface area is 138 Å². The Morgan fingerprint density at radius 1 is 1.00 bits per heavy atom. The quantitative estimate of drug-likeness (QED) is 0.692. The lowest BCUT2D eigenvalue weighted by Gasteiger charge is -2.10. The van der Waals surface area contributed by atoms with Crippen molar-refractivity contribution in [2.24, 2.45) is 0 Å². The highest BCUT2D eigenvalue weighted by atomic mass is 16.5. The maximum absolute atomic E-state index is 5.17. The van der Waals surface area contributed by atoms with E-state index in [1.54, 1.807) is 7.11 Å². The SMILES string of the molecule is CCCCNc1cc(NCCc2ccc(OC)cc2)nc(C)n1. The van der Waals surface area contributed by atoms with E-state index in [4.69, 9.17) is 4.74 Å². The van der Waals surface area contributed by atoms with Gasteiger partial charge in [-0.2, -0.15) is 0 Å². The third-order valence-corrected chi connectivity index (χ3v) is 3.55. The van der Waals surface area contributed by atoms with E-state index in [1.165, 1.54) is 12.0 Å². The predicted molar refractivity (Wildman–Crippen MR) is 95.4 cm³/mol. The first-order valence-corrected chi connectivity index (χ1v) is 8.17. The lowest BCUT2D eigenvalue weighted by molar-refractivity contribution is 0.414. The Morgan fingerprint density at radius 2 is 1.65 bits per heavy atom. The summed E-state index contributed by atoms with van der Waals surface area (Å²) >= 11 is 0. The summed E-state index contributed by atoms with van der Waals surface area (Å²) in [6.45, 7) is 5.87. The second kappa shape index (κ2) is 8.98. The highest BCUT2D eigenvalue weighted by molar-refractivity contribution is 5.47. The van der Waals surface area contributed by atoms with Crippen LogP contribution >= 0.6 is 0 Å². The van der Waals surface area contributed by atoms with Gasteiger partial charge in [0.25, 0.3) is 0 Å². The normalized spacial score (nSPS) is 10.4. The fourth-order valence-corrected chi connectivity index (χ4v) is 2.27. The molecule has 0 saturated carbocycles. The number of hydrogen-bond acceptors (Lipinski definition) is 5. The molecule has 2 rings (SSSR count). The van der Waals surface area contributed by atoms with Gasteiger partial charge in [-0.3, -0.25) is 0 Å². The highest BCUT2D eigenvalue weighted by Crippen LogP contribution is 2.13. The molecule has 0 saturated heterocycles. The summed E-state index contributed by atoms with van der Waals surface area (Å²) in [7, 11) is 1.68. The first-order chi connectivity index (χ1) is 11.2. The van der Waals surface area contributed by atoms with E-state index in [-0.39, 0.29) is 0 Å². The minimum atomic E-state index is 0.776. The van der Waals surface area contributed by atoms with Crippen molar-refractivity contribution in [1.29, 1.82) is 0 Å². The van der Waals surface area contributed by atoms with Crippen LogP contribution in [0.5, 0.6) is 5.75 Å². The molecule has 0 aliphatic heterocycles. The Bertz CT molecular complexity index is 598. The number of hydrogen-bond donors (Lipinski definition) is 2. The van der Waals surface area contributed by atoms with Crippen LogP contribution < -0.4 is 15.4 Å². The molecular formula is C18H26N4O. The Balaban J connectivity index is 1.86. The van der Waals surface area contributed by atoms with Crippen molar-refractivity contribution in [1.82, 2.24) is 9.97 Å². The van der Waals surface area contributed by atoms with E-state index in [0.717, 1.165) is 49.1 Å². The average molecular weight is 314 g/mol. The molecule has 23 heavy (non-hydrogen) atoms. The van der Waals surface area contributed by atoms with Crippen LogP contribution in [-0.2, 0) is 6.42 Å². The number of anilines is 2. The lowest BCUT2D eigenvalue weighted by Crippen LogP contribution is -2.10. The van der Waals surface area contributed by atoms with Crippen LogP contribution in [0.15, 0.2) is 30.3 Å². The monoisotopic (exact) mass is 314 g/mol. The second-order valence-corrected chi connectivity index (χ2v) is 5.49. The third-order valence-electron chi connectivity index (χ3n) is 3.55. The van der Waals surface area contributed by atoms with Gasteiger partial charge in [0.05, 0.1) is 7.11 Å². The number of ether oxygens (including phenoxy) is 1. The number of aromatic nitrogens is 2. The second-order valence-electron chi connectivity index (χ2n) is 5.49. The van der Waals surface area contributed by atoms with E-state index in [0.29, 0.717) is 0 Å². The number of nitrogens with zero attached hydrogens (tertiary/aromatic N) is 2. The minimum absolute atomic E-state index is 0.776. The fourth-order valence-electron chi connectivity index (χ4n) is 2.27. The van der Waals surface area contributed by atoms with Gasteiger partial charge in [0.1, 0.15) is 23.2 Å². The van der Waals surface area contributed by atoms with E-state index in [9.17, 15) is 0 Å². The van der Waals surface area contributed by atoms with Crippen molar-refractivity contribution in [3.05, 3.63) is 41.7 Å². The van der Waals surface area contributed by atoms with Gasteiger partial charge in [0.2, 0.25) is 0 Å². The molecule has 1 aromatic heterocycles. The van der Waals surface area contributed by atoms with Crippen molar-refractivity contribution in [3.63, 3.8) is 0 Å². The summed E-state index contributed by atoms with van der Waals surface area (Å²) in [5.74, 6) is 3.41. The molecule has 1 aromatic carbocycles. The van der Waals surface area contributed by atoms with Crippen LogP contribution in [0.25, 0.3) is 0 Å². The molecule has 2 aromatic rings. The molecule has 0 aliphatic carbocycles. The highest BCUT2D eigenvalue weighted by Gasteiger charge is 2.02. The van der Waals surface area contributed by atoms with Gasteiger partial charge < -0.3 is 15.4 Å². The van der Waals surface area contributed by atoms with E-state index in [1.807, 2.05) is 25.1 Å². The number of methoxy groups -OCH3 is 1. The summed E-state index contributed by atoms with van der Waals surface area (Å²) in [6.07, 6.45) is 3.25. The maximum atomic E-state index is 5.17. The number of rotatable bonds is 9. The molecule has 0 spiro atoms. The van der Waals surface area contributed by atoms with Gasteiger partial charge in [-0.05, 0) is 37.5 Å². The zero-order valence-corrected chi connectivity index (χ0v) is 14.2. The topological polar surface area (TPSA) is 59.1 Å². The number of unbranched alkanes of at least 4 members (excludes halogenated alkanes) is 1. The molecule has 0 fully saturated rings. The molecule has 0 radical (unpaired) electrons. The van der Waals surface area contributed by atoms with Crippen molar-refractivity contribution in [3.8, 4) is 5.75 Å². The first-order valence-electron chi connectivity index (χ1n) is 8.17. The molecule has 0 amide bonds. The Kier molecular flexibility index (Phi) is 6.66. The van der Waals surface area contributed by atoms with E-state index < -0.39 is 0 Å². The van der Waals surface area contributed by atoms with Gasteiger partial charge in [-0.1, -0.05) is 25.5 Å². The van der Waals surface area contributed by atoms with Gasteiger partial charge in [0.15, 0.2) is 0 Å². The molecular weight excluding hydrogens is 288 g/mol. The fraction of sp³-hybridized carbons (Fsp3) is 0.444. The standard InChI is InChI=1S/C18H26N4O/c1-4-5-11-19-17-13-18(22-14(2)21-17)20-12-10-15-6-8-16(23-3)9-7-15/h6-9,13H,4-5,10-12H2,1-3H3,(H2,19,20,21,22). The predicted octanol–water partition coefficient (Wildman–Crippen LogP) is 3.66. The van der Waals surface area contributed by atoms with Gasteiger partial charge in [-0.25, -0.2) is 9.97 Å². The van der Waals surface area contributed by atoms with E-state index >= 15 is 0 Å². The summed E-state index contributed by atoms with van der Waals surface area (Å²) in [6, 6.07) is 10.1. The summed E-state index contributed by atoms with van der Waals surface area (Å²) in [4.78, 5) is 8.85. The van der Waals surface area contributed by atoms with Crippen molar-refractivity contribution < 1.29 is 4.74 Å². The van der Waals surface area contributed by atoms with Gasteiger partial charge in [0, 0.05) is 19.2 Å². The third kappa shape index (κ3) is 5.77. The molecule has 0 unspecified atom stereocenters. The van der Waals surface area contributed by atoms with Crippen molar-refractivity contribution in [2.75, 3.05) is 30.8 Å². The summed E-state index contributed by atoms with van der Waals surface area (Å²) in [5, 5.41) is 6.71. The average Bonchev–Trinajstić information content (AvgIpc) is 2.55. The lowest BCUT2D eigenvalue weighted by atomic mass is 10.1. The Hall–Kier alpha value is -2.30. The maximum Gasteiger partial charge on any atom is 0.131 e. The molecule has 2 N–H and O–H groups in total. The molecule has 5 heteroatoms. The minimum Gasteiger partial charge on any atom is -0.497 e. The van der Waals surface area contributed by atoms with Crippen LogP contribution in [0.3, 0.4) is 0 Å². The zero-order valence-electron chi connectivity index (χ0n) is 14.2. The summed E-state index contributed by atoms with van der Waals surface area (Å²) in [5.41, 5.74) is 1.27. The van der Waals surface area contributed by atoms with Crippen LogP contribution in [0.2, 0.25) is 0 Å². The van der Waals surface area contributed by atoms with Crippen LogP contribution in [0, 0.1) is 6.92 Å². The smallest absolute Gasteiger partial charge is 0.131 e. The van der Waals surface area contributed by atoms with Crippen LogP contribution in [-0.4, -0.2) is 30.2 Å². The van der Waals surface area contributed by atoms with Gasteiger partial charge in [-0.15, -0.1) is 0 Å². The molecule has 0 aliphatic rings. The van der Waals surface area contributed by atoms with Crippen molar-refractivity contribution in [2.45, 2.75) is 33.1 Å². The largest absolute Gasteiger partial charge is 0.497 e. The van der Waals surface area contributed by atoms with Gasteiger partial charge >= 0.3 is 0 Å². The molecule has 124 valence electrons. The first kappa shape index (κ1) is 17.1. The van der Waals surface area contributed by atoms with Crippen molar-refractivity contribution >= 4 is 11.6 Å².